The summed E-state index contributed by atoms with van der Waals surface area (Å²) in [7, 11) is 0.548. The Morgan fingerprint density at radius 2 is 2.17 bits per heavy atom. The number of fused-ring (bicyclic) bond motifs is 2. The molecule has 23 heavy (non-hydrogen) atoms. The highest BCUT2D eigenvalue weighted by Gasteiger charge is 2.60. The van der Waals surface area contributed by atoms with E-state index in [4.69, 9.17) is 4.65 Å². The highest BCUT2D eigenvalue weighted by Crippen LogP contribution is 2.63. The maximum Gasteiger partial charge on any atom is 0.493 e. The van der Waals surface area contributed by atoms with Crippen LogP contribution in [-0.4, -0.2) is 35.7 Å². The van der Waals surface area contributed by atoms with Crippen molar-refractivity contribution in [1.82, 2.24) is 10.3 Å². The SMILES string of the molecule is CNC(=O)c1ccc(B(O)OC2(C)CCC3CC2C3(C)C)cn1. The molecule has 3 unspecified atom stereocenters. The quantitative estimate of drug-likeness (QED) is 0.823. The molecule has 0 aromatic carbocycles. The Morgan fingerprint density at radius 1 is 1.43 bits per heavy atom. The predicted molar refractivity (Wildman–Crippen MR) is 89.3 cm³/mol. The third-order valence-corrected chi connectivity index (χ3v) is 6.11. The van der Waals surface area contributed by atoms with Gasteiger partial charge in [0.25, 0.3) is 5.91 Å². The average molecular weight is 316 g/mol. The van der Waals surface area contributed by atoms with Crippen molar-refractivity contribution in [3.05, 3.63) is 24.0 Å². The van der Waals surface area contributed by atoms with Gasteiger partial charge in [0.1, 0.15) is 5.69 Å². The molecule has 124 valence electrons. The van der Waals surface area contributed by atoms with E-state index in [2.05, 4.69) is 31.1 Å². The minimum Gasteiger partial charge on any atom is -0.423 e. The minimum absolute atomic E-state index is 0.242. The van der Waals surface area contributed by atoms with Crippen LogP contribution in [0.25, 0.3) is 0 Å². The van der Waals surface area contributed by atoms with Gasteiger partial charge in [-0.15, -0.1) is 0 Å². The first kappa shape index (κ1) is 16.5. The van der Waals surface area contributed by atoms with Crippen molar-refractivity contribution in [1.29, 1.82) is 0 Å². The lowest BCUT2D eigenvalue weighted by Gasteiger charge is -2.64. The number of amides is 1. The van der Waals surface area contributed by atoms with Gasteiger partial charge in [-0.05, 0) is 49.5 Å². The van der Waals surface area contributed by atoms with Crippen molar-refractivity contribution in [3.63, 3.8) is 0 Å². The number of carbonyl (C=O) groups is 1. The Labute approximate surface area is 138 Å². The van der Waals surface area contributed by atoms with Crippen molar-refractivity contribution in [2.24, 2.45) is 17.3 Å². The monoisotopic (exact) mass is 316 g/mol. The molecule has 0 spiro atoms. The molecule has 4 rings (SSSR count). The van der Waals surface area contributed by atoms with E-state index in [1.807, 2.05) is 0 Å². The van der Waals surface area contributed by atoms with Gasteiger partial charge in [0.2, 0.25) is 0 Å². The summed E-state index contributed by atoms with van der Waals surface area (Å²) < 4.78 is 6.09. The van der Waals surface area contributed by atoms with Gasteiger partial charge in [-0.2, -0.15) is 0 Å². The van der Waals surface area contributed by atoms with Gasteiger partial charge in [-0.25, -0.2) is 0 Å². The number of nitrogens with zero attached hydrogens (tertiary/aromatic N) is 1. The second-order valence-electron chi connectivity index (χ2n) is 7.68. The Hall–Kier alpha value is -1.40. The second-order valence-corrected chi connectivity index (χ2v) is 7.68. The number of carbonyl (C=O) groups excluding carboxylic acids is 1. The predicted octanol–water partition coefficient (Wildman–Crippen LogP) is 1.36. The summed E-state index contributed by atoms with van der Waals surface area (Å²) in [6, 6.07) is 3.30. The molecule has 1 heterocycles. The summed E-state index contributed by atoms with van der Waals surface area (Å²) >= 11 is 0. The first-order chi connectivity index (χ1) is 10.8. The fraction of sp³-hybridized carbons (Fsp3) is 0.647. The first-order valence-corrected chi connectivity index (χ1v) is 8.32. The highest BCUT2D eigenvalue weighted by atomic mass is 16.5. The summed E-state index contributed by atoms with van der Waals surface area (Å²) in [6.07, 6.45) is 4.83. The normalized spacial score (nSPS) is 31.2. The fourth-order valence-electron chi connectivity index (χ4n) is 4.46. The molecule has 5 nitrogen and oxygen atoms in total. The van der Waals surface area contributed by atoms with Gasteiger partial charge in [0, 0.05) is 18.7 Å². The van der Waals surface area contributed by atoms with Gasteiger partial charge in [0.05, 0.1) is 5.60 Å². The standard InChI is InChI=1S/C17H25BN2O3/c1-16(2)11-7-8-17(3,14(16)9-11)23-18(22)12-5-6-13(20-10-12)15(21)19-4/h5-6,10-11,14,22H,7-9H2,1-4H3,(H,19,21). The number of nitrogens with one attached hydrogen (secondary N) is 1. The van der Waals surface area contributed by atoms with E-state index < -0.39 is 7.12 Å². The molecular weight excluding hydrogens is 291 g/mol. The Kier molecular flexibility index (Phi) is 4.01. The van der Waals surface area contributed by atoms with Gasteiger partial charge in [-0.1, -0.05) is 19.9 Å². The lowest BCUT2D eigenvalue weighted by molar-refractivity contribution is -0.185. The van der Waals surface area contributed by atoms with Gasteiger partial charge >= 0.3 is 7.12 Å². The van der Waals surface area contributed by atoms with Crippen molar-refractivity contribution in [2.75, 3.05) is 7.05 Å². The Balaban J connectivity index is 1.71. The maximum absolute atomic E-state index is 11.5. The number of pyridine rings is 1. The van der Waals surface area contributed by atoms with Crippen LogP contribution in [0.15, 0.2) is 18.3 Å². The molecule has 0 aliphatic heterocycles. The van der Waals surface area contributed by atoms with E-state index >= 15 is 0 Å². The largest absolute Gasteiger partial charge is 0.493 e. The number of hydrogen-bond donors (Lipinski definition) is 2. The summed E-state index contributed by atoms with van der Waals surface area (Å²) in [4.78, 5) is 15.6. The molecule has 3 atom stereocenters. The van der Waals surface area contributed by atoms with E-state index in [1.54, 1.807) is 19.2 Å². The molecular formula is C17H25BN2O3. The second kappa shape index (κ2) is 5.60. The van der Waals surface area contributed by atoms with Crippen LogP contribution >= 0.6 is 0 Å². The minimum atomic E-state index is -1.01. The average Bonchev–Trinajstić information content (AvgIpc) is 2.53. The summed E-state index contributed by atoms with van der Waals surface area (Å²) in [6.45, 7) is 6.72. The van der Waals surface area contributed by atoms with Crippen molar-refractivity contribution in [2.45, 2.75) is 45.6 Å². The van der Waals surface area contributed by atoms with Crippen LogP contribution in [0.5, 0.6) is 0 Å². The van der Waals surface area contributed by atoms with Crippen molar-refractivity contribution in [3.8, 4) is 0 Å². The number of hydrogen-bond acceptors (Lipinski definition) is 4. The summed E-state index contributed by atoms with van der Waals surface area (Å²) in [5.41, 5.74) is 0.888. The van der Waals surface area contributed by atoms with Crippen LogP contribution in [0.2, 0.25) is 0 Å². The van der Waals surface area contributed by atoms with Crippen LogP contribution in [0.1, 0.15) is 50.5 Å². The zero-order valence-electron chi connectivity index (χ0n) is 14.3. The van der Waals surface area contributed by atoms with Crippen molar-refractivity contribution >= 4 is 18.5 Å². The summed E-state index contributed by atoms with van der Waals surface area (Å²) in [5.74, 6) is 1.02. The number of rotatable bonds is 4. The molecule has 2 N–H and O–H groups in total. The highest BCUT2D eigenvalue weighted by molar-refractivity contribution is 6.60. The van der Waals surface area contributed by atoms with E-state index in [1.165, 1.54) is 12.6 Å². The van der Waals surface area contributed by atoms with E-state index in [-0.39, 0.29) is 16.9 Å². The van der Waals surface area contributed by atoms with Gasteiger partial charge in [0.15, 0.2) is 0 Å². The molecule has 3 fully saturated rings. The topological polar surface area (TPSA) is 71.5 Å². The van der Waals surface area contributed by atoms with Crippen LogP contribution in [0.4, 0.5) is 0 Å². The van der Waals surface area contributed by atoms with E-state index in [9.17, 15) is 9.82 Å². The lowest BCUT2D eigenvalue weighted by atomic mass is 9.44. The molecule has 2 bridgehead atoms. The zero-order valence-corrected chi connectivity index (χ0v) is 14.3. The molecule has 0 radical (unpaired) electrons. The zero-order chi connectivity index (χ0) is 16.8. The van der Waals surface area contributed by atoms with Crippen LogP contribution in [0, 0.1) is 17.3 Å². The van der Waals surface area contributed by atoms with Crippen molar-refractivity contribution < 1.29 is 14.5 Å². The molecule has 1 amide bonds. The molecule has 1 aromatic heterocycles. The molecule has 3 saturated carbocycles. The number of aromatic nitrogens is 1. The molecule has 0 saturated heterocycles. The van der Waals surface area contributed by atoms with Gasteiger partial charge < -0.3 is 15.0 Å². The first-order valence-electron chi connectivity index (χ1n) is 8.32. The smallest absolute Gasteiger partial charge is 0.423 e. The van der Waals surface area contributed by atoms with E-state index in [0.29, 0.717) is 17.1 Å². The van der Waals surface area contributed by atoms with Crippen LogP contribution in [0.3, 0.4) is 0 Å². The molecule has 3 aliphatic rings. The van der Waals surface area contributed by atoms with Crippen LogP contribution in [-0.2, 0) is 4.65 Å². The maximum atomic E-state index is 11.5. The van der Waals surface area contributed by atoms with E-state index in [0.717, 1.165) is 18.8 Å². The third kappa shape index (κ3) is 2.68. The molecule has 6 heteroatoms. The lowest BCUT2D eigenvalue weighted by Crippen LogP contribution is -2.63. The third-order valence-electron chi connectivity index (χ3n) is 6.11. The Morgan fingerprint density at radius 3 is 2.70 bits per heavy atom. The van der Waals surface area contributed by atoms with Gasteiger partial charge in [-0.3, -0.25) is 9.78 Å². The fourth-order valence-corrected chi connectivity index (χ4v) is 4.46. The Bertz CT molecular complexity index is 602. The molecule has 3 aliphatic carbocycles. The summed E-state index contributed by atoms with van der Waals surface area (Å²) in [5, 5.41) is 13.0. The van der Waals surface area contributed by atoms with Crippen LogP contribution < -0.4 is 10.8 Å². The molecule has 1 aromatic rings.